The van der Waals surface area contributed by atoms with Crippen LogP contribution in [0.1, 0.15) is 11.1 Å². The van der Waals surface area contributed by atoms with Gasteiger partial charge in [0.2, 0.25) is 0 Å². The lowest BCUT2D eigenvalue weighted by atomic mass is 10.2. The average molecular weight is 815 g/mol. The van der Waals surface area contributed by atoms with Gasteiger partial charge in [-0.1, -0.05) is 84.2 Å². The van der Waals surface area contributed by atoms with Crippen molar-refractivity contribution in [2.24, 2.45) is 0 Å². The fraction of sp³-hybridized carbons (Fsp3) is 0.125. The summed E-state index contributed by atoms with van der Waals surface area (Å²) in [4.78, 5) is 37.0. The van der Waals surface area contributed by atoms with Gasteiger partial charge in [-0.15, -0.1) is 0 Å². The number of hydrogen-bond acceptors (Lipinski definition) is 6. The summed E-state index contributed by atoms with van der Waals surface area (Å²) in [5, 5.41) is 2.61. The van der Waals surface area contributed by atoms with Gasteiger partial charge in [0.1, 0.15) is 0 Å². The topological polar surface area (TPSA) is 69.8 Å². The number of halogens is 2. The first-order valence-electron chi connectivity index (χ1n) is 13.2. The van der Waals surface area contributed by atoms with Gasteiger partial charge in [-0.25, -0.2) is 9.97 Å². The highest BCUT2D eigenvalue weighted by molar-refractivity contribution is 14.1. The van der Waals surface area contributed by atoms with Gasteiger partial charge in [-0.05, 0) is 92.7 Å². The van der Waals surface area contributed by atoms with Crippen LogP contribution in [0, 0.1) is 7.14 Å². The maximum absolute atomic E-state index is 13.6. The summed E-state index contributed by atoms with van der Waals surface area (Å²) in [7, 11) is 0. The fourth-order valence-electron chi connectivity index (χ4n) is 4.64. The molecule has 0 bridgehead atoms. The van der Waals surface area contributed by atoms with Gasteiger partial charge in [0.05, 0.1) is 34.9 Å². The van der Waals surface area contributed by atoms with E-state index < -0.39 is 0 Å². The lowest BCUT2D eigenvalue weighted by Crippen LogP contribution is -2.24. The van der Waals surface area contributed by atoms with Crippen molar-refractivity contribution in [3.8, 4) is 0 Å². The minimum absolute atomic E-state index is 0.0416. The first-order chi connectivity index (χ1) is 20.5. The van der Waals surface area contributed by atoms with E-state index in [1.165, 1.54) is 0 Å². The van der Waals surface area contributed by atoms with Gasteiger partial charge in [0.25, 0.3) is 11.1 Å². The summed E-state index contributed by atoms with van der Waals surface area (Å²) in [6.45, 7) is 0.899. The van der Waals surface area contributed by atoms with Crippen molar-refractivity contribution in [1.29, 1.82) is 0 Å². The molecule has 0 atom stereocenters. The molecule has 2 heterocycles. The van der Waals surface area contributed by atoms with Crippen LogP contribution in [0.5, 0.6) is 0 Å². The quantitative estimate of drug-likeness (QED) is 0.0662. The molecule has 0 aliphatic carbocycles. The number of benzene rings is 4. The second-order valence-corrected chi connectivity index (χ2v) is 14.2. The molecular weight excluding hydrogens is 790 g/mol. The molecule has 2 aromatic heterocycles. The summed E-state index contributed by atoms with van der Waals surface area (Å²) >= 11 is 7.55. The summed E-state index contributed by atoms with van der Waals surface area (Å²) in [6.07, 6.45) is 0. The number of hydrogen-bond donors (Lipinski definition) is 0. The van der Waals surface area contributed by atoms with Crippen molar-refractivity contribution in [1.82, 2.24) is 19.1 Å². The van der Waals surface area contributed by atoms with Crippen LogP contribution in [-0.2, 0) is 13.1 Å². The zero-order valence-corrected chi connectivity index (χ0v) is 28.2. The molecule has 4 aromatic carbocycles. The second-order valence-electron chi connectivity index (χ2n) is 9.56. The zero-order valence-electron chi connectivity index (χ0n) is 22.2. The molecule has 0 unspecified atom stereocenters. The minimum Gasteiger partial charge on any atom is -0.283 e. The molecule has 6 aromatic rings. The van der Waals surface area contributed by atoms with Gasteiger partial charge in [0, 0.05) is 18.6 Å². The largest absolute Gasteiger partial charge is 0.283 e. The van der Waals surface area contributed by atoms with E-state index in [4.69, 9.17) is 9.97 Å². The summed E-state index contributed by atoms with van der Waals surface area (Å²) < 4.78 is 5.54. The Morgan fingerprint density at radius 3 is 1.38 bits per heavy atom. The standard InChI is InChI=1S/C32H24I2N4O2S2/c33-23-11-13-27-25(17-23)29(39)37(19-21-7-3-1-4-8-21)31(35-27)41-15-16-42-32-36-28-14-12-24(34)18-26(28)30(40)38(32)20-22-9-5-2-6-10-22/h1-14,17-18H,15-16,19-20H2. The summed E-state index contributed by atoms with van der Waals surface area (Å²) in [6, 6.07) is 31.5. The lowest BCUT2D eigenvalue weighted by Gasteiger charge is -2.15. The van der Waals surface area contributed by atoms with Crippen molar-refractivity contribution < 1.29 is 0 Å². The highest BCUT2D eigenvalue weighted by atomic mass is 127. The Balaban J connectivity index is 1.28. The van der Waals surface area contributed by atoms with Crippen LogP contribution >= 0.6 is 68.7 Å². The van der Waals surface area contributed by atoms with E-state index in [0.717, 1.165) is 18.3 Å². The van der Waals surface area contributed by atoms with Crippen molar-refractivity contribution in [3.63, 3.8) is 0 Å². The van der Waals surface area contributed by atoms with Gasteiger partial charge in [0.15, 0.2) is 10.3 Å². The predicted molar refractivity (Wildman–Crippen MR) is 190 cm³/mol. The highest BCUT2D eigenvalue weighted by Gasteiger charge is 2.15. The molecule has 0 spiro atoms. The van der Waals surface area contributed by atoms with Crippen LogP contribution in [0.25, 0.3) is 21.8 Å². The molecule has 0 saturated carbocycles. The van der Waals surface area contributed by atoms with E-state index in [2.05, 4.69) is 45.2 Å². The normalized spacial score (nSPS) is 11.4. The number of aromatic nitrogens is 4. The molecule has 210 valence electrons. The Morgan fingerprint density at radius 1 is 0.571 bits per heavy atom. The first-order valence-corrected chi connectivity index (χ1v) is 17.3. The Bertz CT molecular complexity index is 1870. The number of nitrogens with zero attached hydrogens (tertiary/aromatic N) is 4. The fourth-order valence-corrected chi connectivity index (χ4v) is 7.59. The molecule has 0 N–H and O–H groups in total. The molecule has 42 heavy (non-hydrogen) atoms. The SMILES string of the molecule is O=c1c2cc(I)ccc2nc(SCCSc2nc3ccc(I)cc3c(=O)n2Cc2ccccc2)n1Cc1ccccc1. The molecule has 10 heteroatoms. The molecule has 0 radical (unpaired) electrons. The van der Waals surface area contributed by atoms with Crippen LogP contribution in [-0.4, -0.2) is 30.6 Å². The summed E-state index contributed by atoms with van der Waals surface area (Å²) in [5.41, 5.74) is 3.40. The monoisotopic (exact) mass is 814 g/mol. The number of rotatable bonds is 9. The van der Waals surface area contributed by atoms with Gasteiger partial charge >= 0.3 is 0 Å². The van der Waals surface area contributed by atoms with Crippen LogP contribution in [0.3, 0.4) is 0 Å². The zero-order chi connectivity index (χ0) is 29.1. The molecular formula is C32H24I2N4O2S2. The van der Waals surface area contributed by atoms with E-state index in [1.807, 2.05) is 97.1 Å². The predicted octanol–water partition coefficient (Wildman–Crippen LogP) is 7.30. The Kier molecular flexibility index (Phi) is 9.32. The number of fused-ring (bicyclic) bond motifs is 2. The van der Waals surface area contributed by atoms with Gasteiger partial charge < -0.3 is 0 Å². The lowest BCUT2D eigenvalue weighted by molar-refractivity contribution is 0.657. The molecule has 0 aliphatic heterocycles. The maximum atomic E-state index is 13.6. The molecule has 6 nitrogen and oxygen atoms in total. The maximum Gasteiger partial charge on any atom is 0.262 e. The van der Waals surface area contributed by atoms with E-state index in [-0.39, 0.29) is 11.1 Å². The number of thioether (sulfide) groups is 2. The smallest absolute Gasteiger partial charge is 0.262 e. The van der Waals surface area contributed by atoms with E-state index in [0.29, 0.717) is 56.7 Å². The van der Waals surface area contributed by atoms with Crippen molar-refractivity contribution in [3.05, 3.63) is 136 Å². The van der Waals surface area contributed by atoms with E-state index >= 15 is 0 Å². The molecule has 0 saturated heterocycles. The van der Waals surface area contributed by atoms with Crippen LogP contribution in [0.2, 0.25) is 0 Å². The minimum atomic E-state index is -0.0416. The molecule has 0 fully saturated rings. The Labute approximate surface area is 278 Å². The van der Waals surface area contributed by atoms with E-state index in [9.17, 15) is 9.59 Å². The third kappa shape index (κ3) is 6.61. The third-order valence-electron chi connectivity index (χ3n) is 6.68. The Morgan fingerprint density at radius 2 is 0.976 bits per heavy atom. The van der Waals surface area contributed by atoms with Gasteiger partial charge in [-0.2, -0.15) is 0 Å². The summed E-state index contributed by atoms with van der Waals surface area (Å²) in [5.74, 6) is 1.38. The van der Waals surface area contributed by atoms with E-state index in [1.54, 1.807) is 32.7 Å². The Hall–Kier alpha value is -2.68. The molecule has 6 rings (SSSR count). The average Bonchev–Trinajstić information content (AvgIpc) is 3.00. The van der Waals surface area contributed by atoms with Gasteiger partial charge in [-0.3, -0.25) is 18.7 Å². The second kappa shape index (κ2) is 13.3. The van der Waals surface area contributed by atoms with Crippen LogP contribution in [0.4, 0.5) is 0 Å². The molecule has 0 aliphatic rings. The third-order valence-corrected chi connectivity index (χ3v) is 10.2. The van der Waals surface area contributed by atoms with Crippen molar-refractivity contribution in [2.75, 3.05) is 11.5 Å². The van der Waals surface area contributed by atoms with Crippen LogP contribution in [0.15, 0.2) is 117 Å². The highest BCUT2D eigenvalue weighted by Crippen LogP contribution is 2.25. The van der Waals surface area contributed by atoms with Crippen molar-refractivity contribution >= 4 is 90.5 Å². The van der Waals surface area contributed by atoms with Crippen LogP contribution < -0.4 is 11.1 Å². The van der Waals surface area contributed by atoms with Crippen molar-refractivity contribution in [2.45, 2.75) is 23.4 Å². The molecule has 0 amide bonds. The first kappa shape index (κ1) is 29.4.